The molecule has 2 aliphatic heterocycles. The molecule has 1 aliphatic carbocycles. The lowest BCUT2D eigenvalue weighted by atomic mass is 9.64. The first-order chi connectivity index (χ1) is 10.5. The molecule has 1 saturated heterocycles. The zero-order valence-electron chi connectivity index (χ0n) is 12.4. The summed E-state index contributed by atoms with van der Waals surface area (Å²) in [7, 11) is 0. The number of allylic oxidation sites excluding steroid dienone is 1. The molecule has 2 heterocycles. The normalized spacial score (nSPS) is 34.9. The predicted molar refractivity (Wildman–Crippen MR) is 83.0 cm³/mol. The summed E-state index contributed by atoms with van der Waals surface area (Å²) in [5.74, 6) is 0.595. The summed E-state index contributed by atoms with van der Waals surface area (Å²) >= 11 is 6.16. The number of aliphatic hydroxyl groups excluding tert-OH is 1. The second-order valence-electron chi connectivity index (χ2n) is 6.46. The number of aliphatic hydroxyl groups is 1. The van der Waals surface area contributed by atoms with Gasteiger partial charge < -0.3 is 15.2 Å². The summed E-state index contributed by atoms with van der Waals surface area (Å²) in [6.45, 7) is 1.57. The van der Waals surface area contributed by atoms with E-state index in [-0.39, 0.29) is 23.5 Å². The van der Waals surface area contributed by atoms with Gasteiger partial charge >= 0.3 is 0 Å². The van der Waals surface area contributed by atoms with Crippen molar-refractivity contribution >= 4 is 17.5 Å². The number of amides is 1. The number of hydrogen-bond donors (Lipinski definition) is 2. The number of carbonyl (C=O) groups is 1. The summed E-state index contributed by atoms with van der Waals surface area (Å²) < 4.78 is 6.25. The van der Waals surface area contributed by atoms with Crippen LogP contribution < -0.4 is 10.1 Å². The molecule has 4 nitrogen and oxygen atoms in total. The number of ether oxygens (including phenoxy) is 1. The number of piperidine rings is 1. The number of fused-ring (bicyclic) bond motifs is 2. The number of halogens is 1. The van der Waals surface area contributed by atoms with E-state index in [1.165, 1.54) is 0 Å². The molecule has 0 aromatic heterocycles. The van der Waals surface area contributed by atoms with Crippen LogP contribution in [0.2, 0.25) is 5.02 Å². The van der Waals surface area contributed by atoms with Crippen LogP contribution in [0.4, 0.5) is 0 Å². The highest BCUT2D eigenvalue weighted by molar-refractivity contribution is 6.30. The number of rotatable bonds is 0. The highest BCUT2D eigenvalue weighted by atomic mass is 35.5. The van der Waals surface area contributed by atoms with E-state index in [0.717, 1.165) is 37.0 Å². The van der Waals surface area contributed by atoms with Gasteiger partial charge in [0.25, 0.3) is 5.91 Å². The van der Waals surface area contributed by atoms with Crippen LogP contribution in [-0.2, 0) is 4.79 Å². The van der Waals surface area contributed by atoms with Crippen LogP contribution in [0, 0.1) is 5.92 Å². The second-order valence-corrected chi connectivity index (χ2v) is 6.89. The van der Waals surface area contributed by atoms with Crippen molar-refractivity contribution in [3.63, 3.8) is 0 Å². The monoisotopic (exact) mass is 319 g/mol. The molecule has 116 valence electrons. The fourth-order valence-corrected chi connectivity index (χ4v) is 4.51. The number of benzene rings is 1. The van der Waals surface area contributed by atoms with Gasteiger partial charge in [0.15, 0.2) is 5.72 Å². The Labute approximate surface area is 134 Å². The van der Waals surface area contributed by atoms with Crippen molar-refractivity contribution in [2.24, 2.45) is 5.92 Å². The molecule has 1 aromatic carbocycles. The Kier molecular flexibility index (Phi) is 2.95. The molecule has 5 heteroatoms. The average molecular weight is 320 g/mol. The van der Waals surface area contributed by atoms with Crippen molar-refractivity contribution in [2.45, 2.75) is 44.2 Å². The van der Waals surface area contributed by atoms with Crippen molar-refractivity contribution in [3.8, 4) is 5.75 Å². The van der Waals surface area contributed by atoms with Gasteiger partial charge in [0, 0.05) is 28.8 Å². The smallest absolute Gasteiger partial charge is 0.254 e. The maximum absolute atomic E-state index is 12.6. The third kappa shape index (κ3) is 1.80. The van der Waals surface area contributed by atoms with Gasteiger partial charge in [-0.25, -0.2) is 0 Å². The third-order valence-electron chi connectivity index (χ3n) is 5.18. The van der Waals surface area contributed by atoms with Crippen molar-refractivity contribution in [1.29, 1.82) is 0 Å². The van der Waals surface area contributed by atoms with Crippen molar-refractivity contribution in [1.82, 2.24) is 5.32 Å². The summed E-state index contributed by atoms with van der Waals surface area (Å²) in [6, 6.07) is 5.52. The van der Waals surface area contributed by atoms with Crippen LogP contribution in [0.25, 0.3) is 0 Å². The number of carbonyl (C=O) groups excluding carboxylic acids is 1. The molecular formula is C17H18ClNO3. The molecule has 1 amide bonds. The van der Waals surface area contributed by atoms with Crippen molar-refractivity contribution in [2.75, 3.05) is 0 Å². The molecule has 2 bridgehead atoms. The highest BCUT2D eigenvalue weighted by Gasteiger charge is 2.57. The van der Waals surface area contributed by atoms with Gasteiger partial charge in [0.2, 0.25) is 0 Å². The maximum Gasteiger partial charge on any atom is 0.254 e. The van der Waals surface area contributed by atoms with E-state index in [1.807, 2.05) is 12.1 Å². The van der Waals surface area contributed by atoms with Crippen molar-refractivity contribution < 1.29 is 14.6 Å². The lowest BCUT2D eigenvalue weighted by molar-refractivity contribution is -0.140. The van der Waals surface area contributed by atoms with Crippen LogP contribution in [0.1, 0.15) is 44.1 Å². The number of nitrogens with one attached hydrogen (secondary N) is 1. The van der Waals surface area contributed by atoms with E-state index in [9.17, 15) is 9.90 Å². The van der Waals surface area contributed by atoms with Crippen LogP contribution in [0.5, 0.6) is 5.75 Å². The standard InChI is InChI=1S/C17H18ClNO3/c1-9(20)14-15-11-8-10(18)5-6-13(11)22-17(19-16(14)21)7-3-2-4-12(15)17/h5-6,8,12,15,20H,2-4,7H2,1H3,(H,19,21). The van der Waals surface area contributed by atoms with E-state index in [1.54, 1.807) is 13.0 Å². The molecule has 0 spiro atoms. The predicted octanol–water partition coefficient (Wildman–Crippen LogP) is 3.66. The Morgan fingerprint density at radius 1 is 1.45 bits per heavy atom. The summed E-state index contributed by atoms with van der Waals surface area (Å²) in [6.07, 6.45) is 3.91. The minimum Gasteiger partial charge on any atom is -0.512 e. The zero-order valence-corrected chi connectivity index (χ0v) is 13.1. The molecule has 3 atom stereocenters. The molecule has 1 saturated carbocycles. The lowest BCUT2D eigenvalue weighted by Gasteiger charge is -2.54. The Hall–Kier alpha value is -1.68. The second kappa shape index (κ2) is 4.66. The maximum atomic E-state index is 12.6. The molecule has 22 heavy (non-hydrogen) atoms. The van der Waals surface area contributed by atoms with E-state index >= 15 is 0 Å². The Bertz CT molecular complexity index is 695. The third-order valence-corrected chi connectivity index (χ3v) is 5.42. The first-order valence-corrected chi connectivity index (χ1v) is 8.10. The van der Waals surface area contributed by atoms with Crippen LogP contribution in [-0.4, -0.2) is 16.7 Å². The lowest BCUT2D eigenvalue weighted by Crippen LogP contribution is -2.66. The quantitative estimate of drug-likeness (QED) is 0.566. The Morgan fingerprint density at radius 2 is 2.27 bits per heavy atom. The van der Waals surface area contributed by atoms with Gasteiger partial charge in [-0.1, -0.05) is 18.0 Å². The van der Waals surface area contributed by atoms with Gasteiger partial charge in [0.05, 0.1) is 11.3 Å². The summed E-state index contributed by atoms with van der Waals surface area (Å²) in [5.41, 5.74) is 0.724. The molecule has 3 unspecified atom stereocenters. The first-order valence-electron chi connectivity index (χ1n) is 7.72. The van der Waals surface area contributed by atoms with E-state index < -0.39 is 5.72 Å². The first kappa shape index (κ1) is 13.9. The molecule has 2 fully saturated rings. The summed E-state index contributed by atoms with van der Waals surface area (Å²) in [5, 5.41) is 13.7. The minimum atomic E-state index is -0.639. The average Bonchev–Trinajstić information content (AvgIpc) is 2.46. The number of hydrogen-bond acceptors (Lipinski definition) is 3. The van der Waals surface area contributed by atoms with Gasteiger partial charge in [-0.05, 0) is 38.0 Å². The Morgan fingerprint density at radius 3 is 3.05 bits per heavy atom. The highest BCUT2D eigenvalue weighted by Crippen LogP contribution is 2.56. The Balaban J connectivity index is 1.97. The zero-order chi connectivity index (χ0) is 15.5. The van der Waals surface area contributed by atoms with Crippen LogP contribution >= 0.6 is 11.6 Å². The van der Waals surface area contributed by atoms with E-state index in [2.05, 4.69) is 5.32 Å². The SMILES string of the molecule is CC(O)=C1C(=O)NC23CCCCC2C1c1cc(Cl)ccc1O3. The fraction of sp³-hybridized carbons (Fsp3) is 0.471. The molecule has 3 aliphatic rings. The minimum absolute atomic E-state index is 0.0782. The van der Waals surface area contributed by atoms with Gasteiger partial charge in [-0.3, -0.25) is 4.79 Å². The topological polar surface area (TPSA) is 58.6 Å². The molecule has 1 aromatic rings. The van der Waals surface area contributed by atoms with E-state index in [4.69, 9.17) is 16.3 Å². The van der Waals surface area contributed by atoms with Crippen LogP contribution in [0.15, 0.2) is 29.5 Å². The molecule has 2 N–H and O–H groups in total. The van der Waals surface area contributed by atoms with Crippen molar-refractivity contribution in [3.05, 3.63) is 40.1 Å². The molecule has 0 radical (unpaired) electrons. The fourth-order valence-electron chi connectivity index (χ4n) is 4.33. The molecular weight excluding hydrogens is 302 g/mol. The van der Waals surface area contributed by atoms with E-state index in [0.29, 0.717) is 10.6 Å². The largest absolute Gasteiger partial charge is 0.512 e. The van der Waals surface area contributed by atoms with Crippen LogP contribution in [0.3, 0.4) is 0 Å². The summed E-state index contributed by atoms with van der Waals surface area (Å²) in [4.78, 5) is 12.6. The van der Waals surface area contributed by atoms with Gasteiger partial charge in [-0.2, -0.15) is 0 Å². The molecule has 4 rings (SSSR count). The van der Waals surface area contributed by atoms with Gasteiger partial charge in [-0.15, -0.1) is 0 Å². The van der Waals surface area contributed by atoms with Gasteiger partial charge in [0.1, 0.15) is 5.75 Å².